The largest absolute Gasteiger partial charge is 0.294 e. The van der Waals surface area contributed by atoms with E-state index in [4.69, 9.17) is 0 Å². The van der Waals surface area contributed by atoms with Crippen LogP contribution < -0.4 is 4.90 Å². The topological polar surface area (TPSA) is 63.2 Å². The summed E-state index contributed by atoms with van der Waals surface area (Å²) in [5.74, 6) is 0.982. The number of amides is 1. The third-order valence-corrected chi connectivity index (χ3v) is 7.42. The van der Waals surface area contributed by atoms with Gasteiger partial charge in [-0.05, 0) is 31.7 Å². The van der Waals surface area contributed by atoms with Crippen molar-refractivity contribution in [3.05, 3.63) is 46.7 Å². The smallest absolute Gasteiger partial charge is 0.234 e. The molecule has 2 heterocycles. The van der Waals surface area contributed by atoms with Crippen molar-refractivity contribution in [3.8, 4) is 0 Å². The Bertz CT molecular complexity index is 933. The van der Waals surface area contributed by atoms with Gasteiger partial charge in [0, 0.05) is 35.8 Å². The maximum Gasteiger partial charge on any atom is 0.234 e. The van der Waals surface area contributed by atoms with Crippen molar-refractivity contribution in [1.29, 1.82) is 0 Å². The molecule has 2 aromatic rings. The summed E-state index contributed by atoms with van der Waals surface area (Å²) in [5.41, 5.74) is 3.84. The number of hydrogen-bond acceptors (Lipinski definition) is 6. The van der Waals surface area contributed by atoms with E-state index in [0.717, 1.165) is 46.2 Å². The summed E-state index contributed by atoms with van der Waals surface area (Å²) in [5, 5.41) is 9.10. The molecule has 0 bridgehead atoms. The van der Waals surface area contributed by atoms with Crippen LogP contribution in [0.3, 0.4) is 0 Å². The Morgan fingerprint density at radius 3 is 2.71 bits per heavy atom. The molecule has 0 saturated heterocycles. The highest BCUT2D eigenvalue weighted by Crippen LogP contribution is 2.44. The highest BCUT2D eigenvalue weighted by atomic mass is 32.2. The number of aryl methyl sites for hydroxylation is 1. The summed E-state index contributed by atoms with van der Waals surface area (Å²) in [6.07, 6.45) is 3.41. The molecule has 28 heavy (non-hydrogen) atoms. The average Bonchev–Trinajstić information content (AvgIpc) is 3.15. The first-order valence-corrected chi connectivity index (χ1v) is 11.5. The lowest BCUT2D eigenvalue weighted by atomic mass is 9.77. The minimum atomic E-state index is -0.158. The van der Waals surface area contributed by atoms with E-state index in [1.807, 2.05) is 31.2 Å². The molecule has 0 N–H and O–H groups in total. The Labute approximate surface area is 173 Å². The van der Waals surface area contributed by atoms with Gasteiger partial charge in [0.25, 0.3) is 0 Å². The zero-order chi connectivity index (χ0) is 19.7. The lowest BCUT2D eigenvalue weighted by Gasteiger charge is -2.36. The van der Waals surface area contributed by atoms with Gasteiger partial charge in [0.2, 0.25) is 11.0 Å². The second-order valence-electron chi connectivity index (χ2n) is 7.23. The van der Waals surface area contributed by atoms with Gasteiger partial charge in [-0.3, -0.25) is 14.5 Å². The van der Waals surface area contributed by atoms with Crippen molar-refractivity contribution < 1.29 is 9.59 Å². The van der Waals surface area contributed by atoms with Crippen LogP contribution in [0, 0.1) is 6.92 Å². The van der Waals surface area contributed by atoms with Crippen LogP contribution in [-0.2, 0) is 9.59 Å². The van der Waals surface area contributed by atoms with Crippen molar-refractivity contribution in [2.45, 2.75) is 56.2 Å². The summed E-state index contributed by atoms with van der Waals surface area (Å²) >= 11 is 3.10. The molecule has 2 aliphatic rings. The molecular weight excluding hydrogens is 390 g/mol. The molecular formula is C21H23N3O2S2. The number of rotatable bonds is 5. The number of ketones is 1. The van der Waals surface area contributed by atoms with Gasteiger partial charge in [-0.25, -0.2) is 0 Å². The van der Waals surface area contributed by atoms with E-state index < -0.39 is 0 Å². The van der Waals surface area contributed by atoms with Crippen LogP contribution in [-0.4, -0.2) is 27.6 Å². The van der Waals surface area contributed by atoms with Crippen LogP contribution in [0.5, 0.6) is 0 Å². The fraction of sp³-hybridized carbons (Fsp3) is 0.429. The molecule has 0 radical (unpaired) electrons. The van der Waals surface area contributed by atoms with Crippen molar-refractivity contribution in [2.24, 2.45) is 0 Å². The Morgan fingerprint density at radius 2 is 1.96 bits per heavy atom. The molecule has 1 atom stereocenters. The molecule has 0 saturated carbocycles. The summed E-state index contributed by atoms with van der Waals surface area (Å²) in [6.45, 7) is 4.16. The molecule has 7 heteroatoms. The molecule has 1 aliphatic heterocycles. The first-order chi connectivity index (χ1) is 13.6. The van der Waals surface area contributed by atoms with Crippen LogP contribution in [0.4, 0.5) is 5.13 Å². The number of thioether (sulfide) groups is 1. The molecule has 1 aliphatic carbocycles. The molecule has 0 spiro atoms. The summed E-state index contributed by atoms with van der Waals surface area (Å²) < 4.78 is 0.870. The van der Waals surface area contributed by atoms with Crippen LogP contribution in [0.25, 0.3) is 0 Å². The Hall–Kier alpha value is -1.99. The SMILES string of the molecule is CCCSc1nnc(N2C(=O)C[C@@H](c3ccc(C)cc3)C3=C2CCCC3=O)s1. The third-order valence-electron chi connectivity index (χ3n) is 5.17. The Morgan fingerprint density at radius 1 is 1.18 bits per heavy atom. The number of hydrogen-bond donors (Lipinski definition) is 0. The number of allylic oxidation sites excluding steroid dienone is 2. The Kier molecular flexibility index (Phi) is 5.64. The Balaban J connectivity index is 1.74. The molecule has 1 aromatic heterocycles. The van der Waals surface area contributed by atoms with Gasteiger partial charge >= 0.3 is 0 Å². The zero-order valence-electron chi connectivity index (χ0n) is 16.1. The fourth-order valence-electron chi connectivity index (χ4n) is 3.84. The molecule has 0 unspecified atom stereocenters. The lowest BCUT2D eigenvalue weighted by Crippen LogP contribution is -2.40. The normalized spacial score (nSPS) is 19.9. The van der Waals surface area contributed by atoms with E-state index in [2.05, 4.69) is 17.1 Å². The monoisotopic (exact) mass is 413 g/mol. The third kappa shape index (κ3) is 3.65. The van der Waals surface area contributed by atoms with E-state index >= 15 is 0 Å². The average molecular weight is 414 g/mol. The maximum absolute atomic E-state index is 13.1. The van der Waals surface area contributed by atoms with E-state index in [-0.39, 0.29) is 17.6 Å². The lowest BCUT2D eigenvalue weighted by molar-refractivity contribution is -0.119. The minimum absolute atomic E-state index is 0.00205. The van der Waals surface area contributed by atoms with E-state index in [9.17, 15) is 9.59 Å². The van der Waals surface area contributed by atoms with Gasteiger partial charge in [0.05, 0.1) is 0 Å². The first-order valence-electron chi connectivity index (χ1n) is 9.70. The molecule has 146 valence electrons. The second-order valence-corrected chi connectivity index (χ2v) is 9.53. The number of Topliss-reactive ketones (excluding diaryl/α,β-unsaturated/α-hetero) is 1. The van der Waals surface area contributed by atoms with E-state index in [1.165, 1.54) is 16.9 Å². The van der Waals surface area contributed by atoms with Crippen LogP contribution in [0.2, 0.25) is 0 Å². The van der Waals surface area contributed by atoms with Crippen molar-refractivity contribution in [1.82, 2.24) is 10.2 Å². The zero-order valence-corrected chi connectivity index (χ0v) is 17.7. The quantitative estimate of drug-likeness (QED) is 0.516. The van der Waals surface area contributed by atoms with Gasteiger partial charge < -0.3 is 0 Å². The molecule has 5 nitrogen and oxygen atoms in total. The number of benzene rings is 1. The number of carbonyl (C=O) groups excluding carboxylic acids is 2. The second kappa shape index (κ2) is 8.17. The summed E-state index contributed by atoms with van der Waals surface area (Å²) in [7, 11) is 0. The van der Waals surface area contributed by atoms with Gasteiger partial charge in [-0.1, -0.05) is 59.9 Å². The minimum Gasteiger partial charge on any atom is -0.294 e. The number of anilines is 1. The van der Waals surface area contributed by atoms with Gasteiger partial charge in [-0.2, -0.15) is 0 Å². The molecule has 0 fully saturated rings. The van der Waals surface area contributed by atoms with Crippen molar-refractivity contribution >= 4 is 39.9 Å². The van der Waals surface area contributed by atoms with Gasteiger partial charge in [0.1, 0.15) is 0 Å². The molecule has 1 amide bonds. The molecule has 4 rings (SSSR count). The maximum atomic E-state index is 13.1. The standard InChI is InChI=1S/C21H23N3O2S2/c1-3-11-27-21-23-22-20(28-21)24-16-5-4-6-17(25)19(16)15(12-18(24)26)14-9-7-13(2)8-10-14/h7-10,15H,3-6,11-12H2,1-2H3/t15-/m0/s1. The predicted octanol–water partition coefficient (Wildman–Crippen LogP) is 4.88. The highest BCUT2D eigenvalue weighted by Gasteiger charge is 2.40. The summed E-state index contributed by atoms with van der Waals surface area (Å²) in [6, 6.07) is 8.17. The summed E-state index contributed by atoms with van der Waals surface area (Å²) in [4.78, 5) is 27.7. The van der Waals surface area contributed by atoms with Gasteiger partial charge in [0.15, 0.2) is 10.1 Å². The molecule has 1 aromatic carbocycles. The van der Waals surface area contributed by atoms with Gasteiger partial charge in [-0.15, -0.1) is 10.2 Å². The number of aromatic nitrogens is 2. The van der Waals surface area contributed by atoms with Crippen LogP contribution in [0.1, 0.15) is 56.1 Å². The van der Waals surface area contributed by atoms with Crippen LogP contribution in [0.15, 0.2) is 39.9 Å². The number of carbonyl (C=O) groups is 2. The number of nitrogens with zero attached hydrogens (tertiary/aromatic N) is 3. The van der Waals surface area contributed by atoms with E-state index in [1.54, 1.807) is 16.7 Å². The van der Waals surface area contributed by atoms with Crippen molar-refractivity contribution in [3.63, 3.8) is 0 Å². The highest BCUT2D eigenvalue weighted by molar-refractivity contribution is 8.01. The van der Waals surface area contributed by atoms with E-state index in [0.29, 0.717) is 18.0 Å². The predicted molar refractivity (Wildman–Crippen MR) is 113 cm³/mol. The fourth-order valence-corrected chi connectivity index (χ4v) is 5.65. The van der Waals surface area contributed by atoms with Crippen molar-refractivity contribution in [2.75, 3.05) is 10.7 Å². The first kappa shape index (κ1) is 19.3. The van der Waals surface area contributed by atoms with Crippen LogP contribution >= 0.6 is 23.1 Å².